The Balaban J connectivity index is 1.55. The van der Waals surface area contributed by atoms with Crippen molar-refractivity contribution in [3.05, 3.63) is 12.2 Å². The van der Waals surface area contributed by atoms with Gasteiger partial charge in [0.15, 0.2) is 0 Å². The first-order chi connectivity index (χ1) is 14.9. The van der Waals surface area contributed by atoms with Crippen LogP contribution < -0.4 is 0 Å². The third-order valence-corrected chi connectivity index (χ3v) is 13.5. The van der Waals surface area contributed by atoms with Crippen molar-refractivity contribution in [2.24, 2.45) is 56.7 Å². The monoisotopic (exact) mass is 442 g/mol. The highest BCUT2D eigenvalue weighted by Gasteiger charge is 2.70. The Kier molecular flexibility index (Phi) is 5.19. The van der Waals surface area contributed by atoms with E-state index in [1.165, 1.54) is 63.4 Å². The molecule has 0 bridgehead atoms. The van der Waals surface area contributed by atoms with Crippen LogP contribution in [0.2, 0.25) is 0 Å². The standard InChI is InChI=1S/C30H50O2/c1-19(2)20-10-15-30(18-31)17-16-28(6)21(25(20)30)8-9-23-27(5)13-12-24(32)26(3,4)22(27)11-14-29(23,28)7/h20-25,31-32H,1,8-18H2,2-7H3/t20-,21?,22?,23?,24-,25?,27-,28+,29+,30?/m0/s1. The van der Waals surface area contributed by atoms with E-state index in [1.807, 2.05) is 0 Å². The largest absolute Gasteiger partial charge is 0.396 e. The molecule has 0 radical (unpaired) electrons. The SMILES string of the molecule is C=C(C)[C@@H]1CCC2(CO)CC[C@]3(C)C(CCC4[C@@]5(C)CC[C@H](O)C(C)(C)C5CC[C@]43C)C12. The van der Waals surface area contributed by atoms with Gasteiger partial charge in [-0.05, 0) is 128 Å². The van der Waals surface area contributed by atoms with Gasteiger partial charge in [-0.25, -0.2) is 0 Å². The second-order valence-electron chi connectivity index (χ2n) is 14.6. The summed E-state index contributed by atoms with van der Waals surface area (Å²) in [6.45, 7) is 19.7. The molecule has 0 aromatic carbocycles. The van der Waals surface area contributed by atoms with Crippen molar-refractivity contribution in [2.45, 2.75) is 112 Å². The lowest BCUT2D eigenvalue weighted by Crippen LogP contribution is -2.66. The van der Waals surface area contributed by atoms with Gasteiger partial charge < -0.3 is 10.2 Å². The Morgan fingerprint density at radius 3 is 2.19 bits per heavy atom. The summed E-state index contributed by atoms with van der Waals surface area (Å²) in [5.74, 6) is 3.33. The zero-order chi connectivity index (χ0) is 23.3. The fourth-order valence-electron chi connectivity index (χ4n) is 11.5. The van der Waals surface area contributed by atoms with Gasteiger partial charge in [-0.15, -0.1) is 0 Å². The summed E-state index contributed by atoms with van der Waals surface area (Å²) in [4.78, 5) is 0. The van der Waals surface area contributed by atoms with Crippen molar-refractivity contribution >= 4 is 0 Å². The van der Waals surface area contributed by atoms with Crippen molar-refractivity contribution in [3.63, 3.8) is 0 Å². The van der Waals surface area contributed by atoms with Crippen molar-refractivity contribution in [1.82, 2.24) is 0 Å². The normalized spacial score (nSPS) is 56.5. The molecule has 0 heterocycles. The molecule has 182 valence electrons. The first kappa shape index (κ1) is 23.4. The molecule has 5 aliphatic carbocycles. The van der Waals surface area contributed by atoms with Gasteiger partial charge in [0.25, 0.3) is 0 Å². The molecule has 10 atom stereocenters. The van der Waals surface area contributed by atoms with Crippen molar-refractivity contribution in [2.75, 3.05) is 6.61 Å². The molecule has 5 unspecified atom stereocenters. The van der Waals surface area contributed by atoms with E-state index in [-0.39, 0.29) is 16.9 Å². The number of rotatable bonds is 2. The maximum Gasteiger partial charge on any atom is 0.0594 e. The smallest absolute Gasteiger partial charge is 0.0594 e. The summed E-state index contributed by atoms with van der Waals surface area (Å²) >= 11 is 0. The molecule has 0 aromatic heterocycles. The van der Waals surface area contributed by atoms with Crippen LogP contribution in [0.4, 0.5) is 0 Å². The molecule has 5 rings (SSSR count). The van der Waals surface area contributed by atoms with Crippen LogP contribution >= 0.6 is 0 Å². The third kappa shape index (κ3) is 2.66. The molecular weight excluding hydrogens is 392 g/mol. The number of hydrogen-bond acceptors (Lipinski definition) is 2. The Hall–Kier alpha value is -0.340. The van der Waals surface area contributed by atoms with Crippen LogP contribution in [0.25, 0.3) is 0 Å². The first-order valence-electron chi connectivity index (χ1n) is 13.8. The van der Waals surface area contributed by atoms with E-state index in [9.17, 15) is 10.2 Å². The van der Waals surface area contributed by atoms with Gasteiger partial charge in [-0.3, -0.25) is 0 Å². The minimum Gasteiger partial charge on any atom is -0.396 e. The van der Waals surface area contributed by atoms with Gasteiger partial charge in [0.2, 0.25) is 0 Å². The van der Waals surface area contributed by atoms with Gasteiger partial charge >= 0.3 is 0 Å². The number of allylic oxidation sites excluding steroid dienone is 1. The summed E-state index contributed by atoms with van der Waals surface area (Å²) in [7, 11) is 0. The van der Waals surface area contributed by atoms with Crippen molar-refractivity contribution < 1.29 is 10.2 Å². The Morgan fingerprint density at radius 1 is 0.812 bits per heavy atom. The molecule has 0 spiro atoms. The van der Waals surface area contributed by atoms with Crippen LogP contribution in [-0.4, -0.2) is 22.9 Å². The van der Waals surface area contributed by atoms with Crippen LogP contribution in [0.3, 0.4) is 0 Å². The number of hydrogen-bond donors (Lipinski definition) is 2. The second kappa shape index (κ2) is 7.09. The highest BCUT2D eigenvalue weighted by atomic mass is 16.3. The predicted molar refractivity (Wildman–Crippen MR) is 132 cm³/mol. The van der Waals surface area contributed by atoms with E-state index in [2.05, 4.69) is 48.1 Å². The predicted octanol–water partition coefficient (Wildman–Crippen LogP) is 7.00. The molecule has 5 fully saturated rings. The van der Waals surface area contributed by atoms with E-state index in [1.54, 1.807) is 0 Å². The zero-order valence-electron chi connectivity index (χ0n) is 21.8. The second-order valence-corrected chi connectivity index (χ2v) is 14.6. The Labute approximate surface area is 197 Å². The topological polar surface area (TPSA) is 40.5 Å². The average molecular weight is 443 g/mol. The van der Waals surface area contributed by atoms with E-state index < -0.39 is 0 Å². The molecule has 2 N–H and O–H groups in total. The maximum atomic E-state index is 10.9. The quantitative estimate of drug-likeness (QED) is 0.452. The molecule has 0 saturated heterocycles. The molecule has 0 amide bonds. The van der Waals surface area contributed by atoms with Gasteiger partial charge in [0, 0.05) is 6.61 Å². The van der Waals surface area contributed by atoms with E-state index in [0.29, 0.717) is 40.6 Å². The Bertz CT molecular complexity index is 786. The number of aliphatic hydroxyl groups excluding tert-OH is 2. The fourth-order valence-corrected chi connectivity index (χ4v) is 11.5. The maximum absolute atomic E-state index is 10.9. The summed E-state index contributed by atoms with van der Waals surface area (Å²) in [5, 5.41) is 21.5. The summed E-state index contributed by atoms with van der Waals surface area (Å²) in [6, 6.07) is 0. The number of fused-ring (bicyclic) bond motifs is 7. The van der Waals surface area contributed by atoms with E-state index in [4.69, 9.17) is 0 Å². The molecular formula is C30H50O2. The average Bonchev–Trinajstić information content (AvgIpc) is 3.12. The highest BCUT2D eigenvalue weighted by molar-refractivity contribution is 5.21. The van der Waals surface area contributed by atoms with Crippen LogP contribution in [0.15, 0.2) is 12.2 Å². The van der Waals surface area contributed by atoms with E-state index in [0.717, 1.165) is 18.3 Å². The van der Waals surface area contributed by atoms with Crippen molar-refractivity contribution in [1.29, 1.82) is 0 Å². The molecule has 0 aliphatic heterocycles. The van der Waals surface area contributed by atoms with Crippen LogP contribution in [-0.2, 0) is 0 Å². The summed E-state index contributed by atoms with van der Waals surface area (Å²) in [5.41, 5.74) is 2.60. The van der Waals surface area contributed by atoms with Crippen LogP contribution in [0, 0.1) is 56.7 Å². The van der Waals surface area contributed by atoms with Gasteiger partial charge in [-0.2, -0.15) is 0 Å². The molecule has 2 heteroatoms. The third-order valence-electron chi connectivity index (χ3n) is 13.5. The number of aliphatic hydroxyl groups is 2. The lowest BCUT2D eigenvalue weighted by molar-refractivity contribution is -0.249. The molecule has 0 aromatic rings. The minimum atomic E-state index is -0.147. The molecule has 5 aliphatic rings. The van der Waals surface area contributed by atoms with Crippen molar-refractivity contribution in [3.8, 4) is 0 Å². The van der Waals surface area contributed by atoms with Gasteiger partial charge in [-0.1, -0.05) is 46.8 Å². The zero-order valence-corrected chi connectivity index (χ0v) is 21.8. The van der Waals surface area contributed by atoms with Crippen LogP contribution in [0.5, 0.6) is 0 Å². The summed E-state index contributed by atoms with van der Waals surface area (Å²) in [6.07, 6.45) is 12.2. The molecule has 32 heavy (non-hydrogen) atoms. The van der Waals surface area contributed by atoms with E-state index >= 15 is 0 Å². The first-order valence-corrected chi connectivity index (χ1v) is 13.8. The minimum absolute atomic E-state index is 0.0290. The van der Waals surface area contributed by atoms with Gasteiger partial charge in [0.1, 0.15) is 0 Å². The Morgan fingerprint density at radius 2 is 1.53 bits per heavy atom. The lowest BCUT2D eigenvalue weighted by Gasteiger charge is -2.73. The lowest BCUT2D eigenvalue weighted by atomic mass is 9.32. The molecule has 2 nitrogen and oxygen atoms in total. The molecule has 5 saturated carbocycles. The van der Waals surface area contributed by atoms with Crippen LogP contribution in [0.1, 0.15) is 106 Å². The highest BCUT2D eigenvalue weighted by Crippen LogP contribution is 2.77. The summed E-state index contributed by atoms with van der Waals surface area (Å²) < 4.78 is 0. The fraction of sp³-hybridized carbons (Fsp3) is 0.933. The van der Waals surface area contributed by atoms with Gasteiger partial charge in [0.05, 0.1) is 6.10 Å².